The number of carbonyl (C=O) groups is 1. The highest BCUT2D eigenvalue weighted by molar-refractivity contribution is 7.10. The molecule has 7 nitrogen and oxygen atoms in total. The quantitative estimate of drug-likeness (QED) is 0.652. The third-order valence-electron chi connectivity index (χ3n) is 4.37. The van der Waals surface area contributed by atoms with E-state index in [1.165, 1.54) is 29.0 Å². The maximum atomic E-state index is 12.9. The second-order valence-corrected chi connectivity index (χ2v) is 6.95. The minimum absolute atomic E-state index is 0.0743. The van der Waals surface area contributed by atoms with E-state index in [1.54, 1.807) is 14.0 Å². The summed E-state index contributed by atoms with van der Waals surface area (Å²) >= 11 is 1.44. The van der Waals surface area contributed by atoms with Gasteiger partial charge in [0.2, 0.25) is 0 Å². The van der Waals surface area contributed by atoms with Crippen molar-refractivity contribution in [2.24, 2.45) is 14.1 Å². The normalized spacial score (nSPS) is 16.0. The predicted molar refractivity (Wildman–Crippen MR) is 101 cm³/mol. The second kappa shape index (κ2) is 6.80. The molecule has 1 atom stereocenters. The van der Waals surface area contributed by atoms with Crippen molar-refractivity contribution in [1.82, 2.24) is 9.13 Å². The number of fused-ring (bicyclic) bond motifs is 1. The summed E-state index contributed by atoms with van der Waals surface area (Å²) in [6.45, 7) is 5.36. The Morgan fingerprint density at radius 1 is 1.38 bits per heavy atom. The van der Waals surface area contributed by atoms with E-state index in [9.17, 15) is 14.4 Å². The van der Waals surface area contributed by atoms with Gasteiger partial charge >= 0.3 is 11.7 Å². The number of allylic oxidation sites excluding steroid dienone is 1. The molecule has 2 aromatic rings. The topological polar surface area (TPSA) is 82.3 Å². The lowest BCUT2D eigenvalue weighted by Crippen LogP contribution is -2.43. The molecule has 3 heterocycles. The van der Waals surface area contributed by atoms with Gasteiger partial charge in [-0.1, -0.05) is 18.7 Å². The number of hydrogen-bond acceptors (Lipinski definition) is 6. The molecule has 0 bridgehead atoms. The van der Waals surface area contributed by atoms with Gasteiger partial charge in [-0.25, -0.2) is 9.59 Å². The summed E-state index contributed by atoms with van der Waals surface area (Å²) in [5.41, 5.74) is 0.395. The van der Waals surface area contributed by atoms with Crippen molar-refractivity contribution in [2.45, 2.75) is 12.8 Å². The number of nitrogens with zero attached hydrogens (tertiary/aromatic N) is 2. The highest BCUT2D eigenvalue weighted by Crippen LogP contribution is 2.41. The number of aromatic nitrogens is 2. The van der Waals surface area contributed by atoms with Crippen molar-refractivity contribution in [3.05, 3.63) is 72.7 Å². The van der Waals surface area contributed by atoms with Gasteiger partial charge < -0.3 is 10.1 Å². The number of thiophene rings is 1. The Bertz CT molecular complexity index is 1030. The lowest BCUT2D eigenvalue weighted by Gasteiger charge is -2.30. The van der Waals surface area contributed by atoms with E-state index in [4.69, 9.17) is 4.74 Å². The van der Waals surface area contributed by atoms with Gasteiger partial charge in [-0.05, 0) is 18.4 Å². The minimum atomic E-state index is -0.603. The van der Waals surface area contributed by atoms with Crippen molar-refractivity contribution in [3.8, 4) is 0 Å². The number of esters is 1. The third-order valence-corrected chi connectivity index (χ3v) is 5.30. The zero-order valence-electron chi connectivity index (χ0n) is 14.7. The molecule has 1 aliphatic heterocycles. The molecule has 0 saturated heterocycles. The number of ether oxygens (including phenoxy) is 1. The van der Waals surface area contributed by atoms with Crippen molar-refractivity contribution in [2.75, 3.05) is 11.9 Å². The summed E-state index contributed by atoms with van der Waals surface area (Å²) in [6.07, 6.45) is 1.49. The van der Waals surface area contributed by atoms with E-state index in [2.05, 4.69) is 11.9 Å². The SMILES string of the molecule is C=CCOC(=O)C1=C(C)Nc2c(c(=O)n(C)c(=O)n2C)C1c1cccs1. The molecule has 0 fully saturated rings. The predicted octanol–water partition coefficient (Wildman–Crippen LogP) is 1.71. The minimum Gasteiger partial charge on any atom is -0.458 e. The van der Waals surface area contributed by atoms with Crippen LogP contribution in [0.5, 0.6) is 0 Å². The Hall–Kier alpha value is -2.87. The molecule has 8 heteroatoms. The first-order valence-corrected chi connectivity index (χ1v) is 8.85. The first-order valence-electron chi connectivity index (χ1n) is 7.97. The lowest BCUT2D eigenvalue weighted by atomic mass is 9.86. The van der Waals surface area contributed by atoms with Gasteiger partial charge in [0.25, 0.3) is 5.56 Å². The van der Waals surface area contributed by atoms with Gasteiger partial charge in [0, 0.05) is 24.7 Å². The Balaban J connectivity index is 2.31. The van der Waals surface area contributed by atoms with Gasteiger partial charge in [-0.2, -0.15) is 0 Å². The second-order valence-electron chi connectivity index (χ2n) is 5.97. The molecule has 0 radical (unpaired) electrons. The molecule has 3 rings (SSSR count). The highest BCUT2D eigenvalue weighted by Gasteiger charge is 2.37. The van der Waals surface area contributed by atoms with Crippen LogP contribution >= 0.6 is 11.3 Å². The Morgan fingerprint density at radius 3 is 2.73 bits per heavy atom. The van der Waals surface area contributed by atoms with Gasteiger partial charge in [0.15, 0.2) is 0 Å². The van der Waals surface area contributed by atoms with E-state index in [-0.39, 0.29) is 6.61 Å². The molecule has 0 aliphatic carbocycles. The van der Waals surface area contributed by atoms with Gasteiger partial charge in [0.1, 0.15) is 12.4 Å². The monoisotopic (exact) mass is 373 g/mol. The molecule has 1 aliphatic rings. The van der Waals surface area contributed by atoms with Crippen LogP contribution in [0, 0.1) is 0 Å². The largest absolute Gasteiger partial charge is 0.458 e. The van der Waals surface area contributed by atoms with Crippen LogP contribution in [-0.2, 0) is 23.6 Å². The summed E-state index contributed by atoms with van der Waals surface area (Å²) in [5, 5.41) is 4.92. The van der Waals surface area contributed by atoms with Crippen LogP contribution in [-0.4, -0.2) is 21.7 Å². The van der Waals surface area contributed by atoms with E-state index in [1.807, 2.05) is 17.5 Å². The third kappa shape index (κ3) is 2.72. The maximum Gasteiger partial charge on any atom is 0.337 e. The first-order chi connectivity index (χ1) is 12.4. The van der Waals surface area contributed by atoms with Crippen LogP contribution in [0.25, 0.3) is 0 Å². The number of carbonyl (C=O) groups excluding carboxylic acids is 1. The molecule has 0 saturated carbocycles. The zero-order valence-corrected chi connectivity index (χ0v) is 15.6. The summed E-state index contributed by atoms with van der Waals surface area (Å²) in [5.74, 6) is -0.724. The molecule has 136 valence electrons. The number of nitrogens with one attached hydrogen (secondary N) is 1. The average molecular weight is 373 g/mol. The van der Waals surface area contributed by atoms with Crippen molar-refractivity contribution < 1.29 is 9.53 Å². The Labute approximate surface area is 153 Å². The molecular weight excluding hydrogens is 354 g/mol. The highest BCUT2D eigenvalue weighted by atomic mass is 32.1. The molecule has 2 aromatic heterocycles. The van der Waals surface area contributed by atoms with Gasteiger partial charge in [-0.15, -0.1) is 11.3 Å². The molecule has 26 heavy (non-hydrogen) atoms. The summed E-state index contributed by atoms with van der Waals surface area (Å²) in [7, 11) is 3.02. The number of anilines is 1. The smallest absolute Gasteiger partial charge is 0.337 e. The zero-order chi connectivity index (χ0) is 19.0. The number of hydrogen-bond donors (Lipinski definition) is 1. The van der Waals surface area contributed by atoms with E-state index in [0.29, 0.717) is 22.7 Å². The van der Waals surface area contributed by atoms with Crippen LogP contribution in [0.4, 0.5) is 5.82 Å². The van der Waals surface area contributed by atoms with Crippen LogP contribution in [0.3, 0.4) is 0 Å². The van der Waals surface area contributed by atoms with Gasteiger partial charge in [-0.3, -0.25) is 13.9 Å². The van der Waals surface area contributed by atoms with Crippen molar-refractivity contribution in [3.63, 3.8) is 0 Å². The fourth-order valence-corrected chi connectivity index (χ4v) is 3.95. The fourth-order valence-electron chi connectivity index (χ4n) is 3.11. The standard InChI is InChI=1S/C18H19N3O4S/c1-5-8-25-17(23)12-10(2)19-15-14(13(12)11-7-6-9-26-11)16(22)21(4)18(24)20(15)3/h5-7,9,13,19H,1,8H2,2-4H3. The fraction of sp³-hybridized carbons (Fsp3) is 0.278. The number of rotatable bonds is 4. The summed E-state index contributed by atoms with van der Waals surface area (Å²) in [6, 6.07) is 3.72. The van der Waals surface area contributed by atoms with Crippen LogP contribution in [0.2, 0.25) is 0 Å². The molecule has 1 unspecified atom stereocenters. The molecule has 0 spiro atoms. The summed E-state index contributed by atoms with van der Waals surface area (Å²) in [4.78, 5) is 38.7. The first kappa shape index (κ1) is 17.9. The molecular formula is C18H19N3O4S. The Kier molecular flexibility index (Phi) is 4.69. The van der Waals surface area contributed by atoms with Crippen LogP contribution in [0.1, 0.15) is 23.3 Å². The Morgan fingerprint density at radius 2 is 2.12 bits per heavy atom. The van der Waals surface area contributed by atoms with Gasteiger partial charge in [0.05, 0.1) is 17.1 Å². The average Bonchev–Trinajstić information content (AvgIpc) is 3.16. The van der Waals surface area contributed by atoms with E-state index >= 15 is 0 Å². The van der Waals surface area contributed by atoms with Crippen LogP contribution in [0.15, 0.2) is 51.0 Å². The molecule has 0 amide bonds. The van der Waals surface area contributed by atoms with E-state index < -0.39 is 23.1 Å². The molecule has 0 aromatic carbocycles. The maximum absolute atomic E-state index is 12.9. The molecule has 1 N–H and O–H groups in total. The van der Waals surface area contributed by atoms with Crippen LogP contribution < -0.4 is 16.6 Å². The van der Waals surface area contributed by atoms with Crippen molar-refractivity contribution >= 4 is 23.1 Å². The lowest BCUT2D eigenvalue weighted by molar-refractivity contribution is -0.138. The van der Waals surface area contributed by atoms with Crippen molar-refractivity contribution in [1.29, 1.82) is 0 Å². The van der Waals surface area contributed by atoms with E-state index in [0.717, 1.165) is 9.44 Å². The summed E-state index contributed by atoms with van der Waals surface area (Å²) < 4.78 is 7.67.